The number of nitrogens with one attached hydrogen (secondary N) is 2. The van der Waals surface area contributed by atoms with Crippen LogP contribution < -0.4 is 15.6 Å². The molecular formula is C23H19N3O4. The second kappa shape index (κ2) is 8.48. The third-order valence-corrected chi connectivity index (χ3v) is 4.39. The number of carbonyl (C=O) groups is 2. The number of carbonyl (C=O) groups excluding carboxylic acids is 2. The highest BCUT2D eigenvalue weighted by molar-refractivity contribution is 6.07. The summed E-state index contributed by atoms with van der Waals surface area (Å²) in [6.45, 7) is 2.00. The van der Waals surface area contributed by atoms with Crippen LogP contribution in [0.3, 0.4) is 0 Å². The number of aryl methyl sites for hydroxylation is 1. The molecular weight excluding hydrogens is 382 g/mol. The smallest absolute Gasteiger partial charge is 0.305 e. The standard InChI is InChI=1S/C23H19N3O4/c1-15-13-19(18-9-5-6-10-20(18)24-15)22(27)25-26-23(28)21-12-11-17(30-21)14-29-16-7-3-2-4-8-16/h2-13H,14H2,1H3,(H,25,27)(H,26,28). The van der Waals surface area contributed by atoms with Gasteiger partial charge in [-0.05, 0) is 43.3 Å². The van der Waals surface area contributed by atoms with Gasteiger partial charge in [0, 0.05) is 11.1 Å². The number of hydrazine groups is 1. The fourth-order valence-corrected chi connectivity index (χ4v) is 2.99. The van der Waals surface area contributed by atoms with Crippen LogP contribution >= 0.6 is 0 Å². The van der Waals surface area contributed by atoms with Crippen molar-refractivity contribution in [3.63, 3.8) is 0 Å². The molecule has 0 saturated carbocycles. The van der Waals surface area contributed by atoms with Gasteiger partial charge in [0.25, 0.3) is 5.91 Å². The molecule has 2 aromatic carbocycles. The third kappa shape index (κ3) is 4.30. The topological polar surface area (TPSA) is 93.5 Å². The zero-order chi connectivity index (χ0) is 20.9. The molecule has 4 aromatic rings. The Bertz CT molecular complexity index is 1200. The van der Waals surface area contributed by atoms with E-state index in [1.807, 2.05) is 61.5 Å². The average Bonchev–Trinajstić information content (AvgIpc) is 3.25. The van der Waals surface area contributed by atoms with Gasteiger partial charge in [-0.2, -0.15) is 0 Å². The molecule has 0 aliphatic rings. The van der Waals surface area contributed by atoms with E-state index in [0.717, 1.165) is 0 Å². The van der Waals surface area contributed by atoms with E-state index in [2.05, 4.69) is 15.8 Å². The van der Waals surface area contributed by atoms with Gasteiger partial charge in [-0.25, -0.2) is 0 Å². The highest BCUT2D eigenvalue weighted by Gasteiger charge is 2.15. The maximum Gasteiger partial charge on any atom is 0.305 e. The van der Waals surface area contributed by atoms with E-state index in [1.54, 1.807) is 12.1 Å². The van der Waals surface area contributed by atoms with Crippen LogP contribution in [-0.2, 0) is 6.61 Å². The summed E-state index contributed by atoms with van der Waals surface area (Å²) in [6.07, 6.45) is 0. The molecule has 0 spiro atoms. The molecule has 0 unspecified atom stereocenters. The van der Waals surface area contributed by atoms with Crippen molar-refractivity contribution < 1.29 is 18.7 Å². The number of pyridine rings is 1. The van der Waals surface area contributed by atoms with E-state index in [9.17, 15) is 9.59 Å². The molecule has 0 bridgehead atoms. The number of nitrogens with zero attached hydrogens (tertiary/aromatic N) is 1. The molecule has 0 aliphatic carbocycles. The number of benzene rings is 2. The summed E-state index contributed by atoms with van der Waals surface area (Å²) in [4.78, 5) is 29.3. The molecule has 30 heavy (non-hydrogen) atoms. The Morgan fingerprint density at radius 3 is 2.50 bits per heavy atom. The first kappa shape index (κ1) is 19.2. The summed E-state index contributed by atoms with van der Waals surface area (Å²) in [6, 6.07) is 21.5. The second-order valence-electron chi connectivity index (χ2n) is 6.60. The van der Waals surface area contributed by atoms with Gasteiger partial charge in [0.05, 0.1) is 11.1 Å². The lowest BCUT2D eigenvalue weighted by atomic mass is 10.1. The van der Waals surface area contributed by atoms with Crippen LogP contribution in [0.4, 0.5) is 0 Å². The van der Waals surface area contributed by atoms with Gasteiger partial charge in [-0.15, -0.1) is 0 Å². The monoisotopic (exact) mass is 401 g/mol. The molecule has 2 heterocycles. The zero-order valence-electron chi connectivity index (χ0n) is 16.2. The summed E-state index contributed by atoms with van der Waals surface area (Å²) in [5, 5.41) is 0.702. The first-order chi connectivity index (χ1) is 14.6. The first-order valence-electron chi connectivity index (χ1n) is 9.34. The number of ether oxygens (including phenoxy) is 1. The van der Waals surface area contributed by atoms with Crippen LogP contribution in [0.5, 0.6) is 5.75 Å². The summed E-state index contributed by atoms with van der Waals surface area (Å²) >= 11 is 0. The van der Waals surface area contributed by atoms with Gasteiger partial charge >= 0.3 is 5.91 Å². The number of rotatable bonds is 5. The molecule has 0 aliphatic heterocycles. The molecule has 7 heteroatoms. The van der Waals surface area contributed by atoms with Crippen molar-refractivity contribution in [1.29, 1.82) is 0 Å². The van der Waals surface area contributed by atoms with Gasteiger partial charge in [-0.3, -0.25) is 25.4 Å². The zero-order valence-corrected chi connectivity index (χ0v) is 16.2. The van der Waals surface area contributed by atoms with E-state index in [1.165, 1.54) is 6.07 Å². The molecule has 0 atom stereocenters. The predicted octanol–water partition coefficient (Wildman–Crippen LogP) is 3.79. The summed E-state index contributed by atoms with van der Waals surface area (Å²) in [5.74, 6) is 0.254. The van der Waals surface area contributed by atoms with Gasteiger partial charge < -0.3 is 9.15 Å². The lowest BCUT2D eigenvalue weighted by molar-refractivity contribution is 0.0829. The normalized spacial score (nSPS) is 10.6. The fraction of sp³-hybridized carbons (Fsp3) is 0.0870. The molecule has 0 radical (unpaired) electrons. The van der Waals surface area contributed by atoms with Gasteiger partial charge in [0.15, 0.2) is 5.76 Å². The molecule has 2 amide bonds. The van der Waals surface area contributed by atoms with Crippen LogP contribution in [0.25, 0.3) is 10.9 Å². The quantitative estimate of drug-likeness (QED) is 0.496. The minimum atomic E-state index is -0.565. The molecule has 2 N–H and O–H groups in total. The number of hydrogen-bond donors (Lipinski definition) is 2. The molecule has 0 fully saturated rings. The maximum absolute atomic E-state index is 12.6. The van der Waals surface area contributed by atoms with E-state index >= 15 is 0 Å². The van der Waals surface area contributed by atoms with Gasteiger partial charge in [0.1, 0.15) is 18.1 Å². The van der Waals surface area contributed by atoms with E-state index < -0.39 is 11.8 Å². The van der Waals surface area contributed by atoms with Gasteiger partial charge in [-0.1, -0.05) is 36.4 Å². The number of fused-ring (bicyclic) bond motifs is 1. The maximum atomic E-state index is 12.6. The molecule has 7 nitrogen and oxygen atoms in total. The second-order valence-corrected chi connectivity index (χ2v) is 6.60. The Balaban J connectivity index is 1.38. The number of furan rings is 1. The van der Waals surface area contributed by atoms with E-state index in [4.69, 9.17) is 9.15 Å². The van der Waals surface area contributed by atoms with E-state index in [0.29, 0.717) is 33.7 Å². The van der Waals surface area contributed by atoms with Crippen molar-refractivity contribution in [3.8, 4) is 5.75 Å². The molecule has 150 valence electrons. The Labute approximate surface area is 172 Å². The van der Waals surface area contributed by atoms with E-state index in [-0.39, 0.29) is 12.4 Å². The Morgan fingerprint density at radius 1 is 0.933 bits per heavy atom. The molecule has 4 rings (SSSR count). The third-order valence-electron chi connectivity index (χ3n) is 4.39. The van der Waals surface area contributed by atoms with Crippen molar-refractivity contribution in [2.24, 2.45) is 0 Å². The number of amides is 2. The Hall–Kier alpha value is -4.13. The number of hydrogen-bond acceptors (Lipinski definition) is 5. The fourth-order valence-electron chi connectivity index (χ4n) is 2.99. The summed E-state index contributed by atoms with van der Waals surface area (Å²) in [5.41, 5.74) is 6.65. The number of aromatic nitrogens is 1. The largest absolute Gasteiger partial charge is 0.486 e. The van der Waals surface area contributed by atoms with Crippen molar-refractivity contribution in [3.05, 3.63) is 95.6 Å². The van der Waals surface area contributed by atoms with Crippen molar-refractivity contribution in [2.75, 3.05) is 0 Å². The predicted molar refractivity (Wildman–Crippen MR) is 111 cm³/mol. The van der Waals surface area contributed by atoms with Crippen LogP contribution in [0.2, 0.25) is 0 Å². The lowest BCUT2D eigenvalue weighted by Crippen LogP contribution is -2.41. The highest BCUT2D eigenvalue weighted by Crippen LogP contribution is 2.18. The average molecular weight is 401 g/mol. The van der Waals surface area contributed by atoms with Gasteiger partial charge in [0.2, 0.25) is 0 Å². The lowest BCUT2D eigenvalue weighted by Gasteiger charge is -2.09. The van der Waals surface area contributed by atoms with Crippen LogP contribution in [0, 0.1) is 6.92 Å². The Morgan fingerprint density at radius 2 is 1.67 bits per heavy atom. The van der Waals surface area contributed by atoms with Crippen molar-refractivity contribution >= 4 is 22.7 Å². The SMILES string of the molecule is Cc1cc(C(=O)NNC(=O)c2ccc(COc3ccccc3)o2)c2ccccc2n1. The Kier molecular flexibility index (Phi) is 5.43. The molecule has 0 saturated heterocycles. The van der Waals surface area contributed by atoms with Crippen LogP contribution in [-0.4, -0.2) is 16.8 Å². The minimum Gasteiger partial charge on any atom is -0.486 e. The molecule has 2 aromatic heterocycles. The number of para-hydroxylation sites is 2. The van der Waals surface area contributed by atoms with Crippen LogP contribution in [0.1, 0.15) is 32.4 Å². The van der Waals surface area contributed by atoms with Crippen molar-refractivity contribution in [2.45, 2.75) is 13.5 Å². The minimum absolute atomic E-state index is 0.0673. The highest BCUT2D eigenvalue weighted by atomic mass is 16.5. The first-order valence-corrected chi connectivity index (χ1v) is 9.34. The van der Waals surface area contributed by atoms with Crippen molar-refractivity contribution in [1.82, 2.24) is 15.8 Å². The summed E-state index contributed by atoms with van der Waals surface area (Å²) in [7, 11) is 0. The van der Waals surface area contributed by atoms with Crippen LogP contribution in [0.15, 0.2) is 77.2 Å². The summed E-state index contributed by atoms with van der Waals surface area (Å²) < 4.78 is 11.1.